The topological polar surface area (TPSA) is 23.5 Å². The van der Waals surface area contributed by atoms with Gasteiger partial charge in [0, 0.05) is 31.6 Å². The zero-order valence-electron chi connectivity index (χ0n) is 11.3. The molecule has 0 bridgehead atoms. The van der Waals surface area contributed by atoms with Gasteiger partial charge in [-0.05, 0) is 5.92 Å². The van der Waals surface area contributed by atoms with Crippen LogP contribution in [0.4, 0.5) is 17.6 Å². The van der Waals surface area contributed by atoms with E-state index in [4.69, 9.17) is 0 Å². The molecular weight excluding hydrogens is 274 g/mol. The minimum Gasteiger partial charge on any atom is -0.388 e. The van der Waals surface area contributed by atoms with Crippen LogP contribution in [0.2, 0.25) is 0 Å². The van der Waals surface area contributed by atoms with Crippen molar-refractivity contribution in [2.24, 2.45) is 5.92 Å². The van der Waals surface area contributed by atoms with Crippen LogP contribution in [0.5, 0.6) is 0 Å². The number of benzene rings is 1. The molecule has 0 amide bonds. The van der Waals surface area contributed by atoms with Gasteiger partial charge in [-0.1, -0.05) is 13.8 Å². The summed E-state index contributed by atoms with van der Waals surface area (Å²) < 4.78 is 53.3. The van der Waals surface area contributed by atoms with Crippen LogP contribution in [0.15, 0.2) is 6.07 Å². The smallest absolute Gasteiger partial charge is 0.167 e. The van der Waals surface area contributed by atoms with E-state index < -0.39 is 40.9 Å². The number of nitrogens with zero attached hydrogens (tertiary/aromatic N) is 1. The van der Waals surface area contributed by atoms with Crippen LogP contribution in [0.1, 0.15) is 25.5 Å². The maximum Gasteiger partial charge on any atom is 0.167 e. The first kappa shape index (κ1) is 15.3. The van der Waals surface area contributed by atoms with Crippen molar-refractivity contribution in [2.45, 2.75) is 20.0 Å². The first-order valence-corrected chi connectivity index (χ1v) is 6.33. The first-order chi connectivity index (χ1) is 9.31. The Morgan fingerprint density at radius 3 is 2.15 bits per heavy atom. The third-order valence-electron chi connectivity index (χ3n) is 3.41. The van der Waals surface area contributed by atoms with E-state index in [0.717, 1.165) is 6.54 Å². The van der Waals surface area contributed by atoms with E-state index in [1.165, 1.54) is 5.92 Å². The van der Waals surface area contributed by atoms with Crippen molar-refractivity contribution in [2.75, 3.05) is 19.6 Å². The summed E-state index contributed by atoms with van der Waals surface area (Å²) in [6.07, 6.45) is -1.55. The quantitative estimate of drug-likeness (QED) is 0.681. The standard InChI is InChI=1S/C14H16F4NO/c1-7(2)4-19-5-8(6-19)14(20)11-12(17)9(15)3-10(16)13(11)18/h3,8,14,20H,4-6H2,1-2H3. The van der Waals surface area contributed by atoms with Crippen LogP contribution in [0, 0.1) is 35.1 Å². The number of aliphatic hydroxyl groups excluding tert-OH is 1. The minimum atomic E-state index is -1.55. The molecule has 2 rings (SSSR count). The van der Waals surface area contributed by atoms with E-state index in [0.29, 0.717) is 13.1 Å². The lowest BCUT2D eigenvalue weighted by atomic mass is 9.88. The fourth-order valence-corrected chi connectivity index (χ4v) is 2.47. The molecule has 1 aromatic rings. The summed E-state index contributed by atoms with van der Waals surface area (Å²) in [5.74, 6) is -5.29. The Labute approximate surface area is 115 Å². The van der Waals surface area contributed by atoms with E-state index in [9.17, 15) is 22.7 Å². The van der Waals surface area contributed by atoms with Gasteiger partial charge in [0.1, 0.15) is 0 Å². The zero-order chi connectivity index (χ0) is 15.0. The normalized spacial score (nSPS) is 18.4. The number of hydrogen-bond donors (Lipinski definition) is 1. The van der Waals surface area contributed by atoms with Gasteiger partial charge in [-0.2, -0.15) is 0 Å². The molecule has 1 fully saturated rings. The lowest BCUT2D eigenvalue weighted by Gasteiger charge is -2.42. The average molecular weight is 290 g/mol. The fourth-order valence-electron chi connectivity index (χ4n) is 2.47. The van der Waals surface area contributed by atoms with Gasteiger partial charge in [0.2, 0.25) is 0 Å². The van der Waals surface area contributed by atoms with E-state index in [1.807, 2.05) is 18.7 Å². The van der Waals surface area contributed by atoms with Crippen molar-refractivity contribution < 1.29 is 22.7 Å². The molecule has 1 aliphatic heterocycles. The lowest BCUT2D eigenvalue weighted by molar-refractivity contribution is -0.00661. The van der Waals surface area contributed by atoms with Crippen LogP contribution >= 0.6 is 0 Å². The van der Waals surface area contributed by atoms with E-state index in [2.05, 4.69) is 0 Å². The van der Waals surface area contributed by atoms with Crippen LogP contribution in [-0.4, -0.2) is 29.6 Å². The third-order valence-corrected chi connectivity index (χ3v) is 3.41. The molecule has 1 N–H and O–H groups in total. The molecule has 2 nitrogen and oxygen atoms in total. The lowest BCUT2D eigenvalue weighted by Crippen LogP contribution is -2.50. The van der Waals surface area contributed by atoms with Crippen molar-refractivity contribution >= 4 is 0 Å². The van der Waals surface area contributed by atoms with Crippen molar-refractivity contribution in [1.29, 1.82) is 0 Å². The monoisotopic (exact) mass is 290 g/mol. The van der Waals surface area contributed by atoms with Crippen molar-refractivity contribution in [1.82, 2.24) is 4.90 Å². The van der Waals surface area contributed by atoms with Crippen LogP contribution in [0.3, 0.4) is 0 Å². The molecule has 0 aromatic heterocycles. The van der Waals surface area contributed by atoms with Gasteiger partial charge in [-0.25, -0.2) is 17.6 Å². The number of hydrogen-bond acceptors (Lipinski definition) is 2. The number of aliphatic hydroxyl groups is 1. The molecule has 0 saturated carbocycles. The van der Waals surface area contributed by atoms with Crippen LogP contribution in [0.25, 0.3) is 0 Å². The zero-order valence-corrected chi connectivity index (χ0v) is 11.3. The summed E-state index contributed by atoms with van der Waals surface area (Å²) in [5.41, 5.74) is -0.913. The largest absolute Gasteiger partial charge is 0.388 e. The van der Waals surface area contributed by atoms with Crippen LogP contribution < -0.4 is 0 Å². The SMILES string of the molecule is C[C](C)CN1CC(C(O)c2c(F)c(F)cc(F)c2F)C1. The first-order valence-electron chi connectivity index (χ1n) is 6.33. The maximum atomic E-state index is 13.6. The van der Waals surface area contributed by atoms with Gasteiger partial charge in [-0.3, -0.25) is 0 Å². The summed E-state index contributed by atoms with van der Waals surface area (Å²) in [4.78, 5) is 1.98. The summed E-state index contributed by atoms with van der Waals surface area (Å²) in [7, 11) is 0. The molecular formula is C14H16F4NO. The van der Waals surface area contributed by atoms with Gasteiger partial charge in [-0.15, -0.1) is 0 Å². The molecule has 20 heavy (non-hydrogen) atoms. The highest BCUT2D eigenvalue weighted by Gasteiger charge is 2.37. The predicted octanol–water partition coefficient (Wildman–Crippen LogP) is 2.82. The summed E-state index contributed by atoms with van der Waals surface area (Å²) in [6.45, 7) is 5.49. The second kappa shape index (κ2) is 5.69. The molecule has 111 valence electrons. The number of rotatable bonds is 4. The van der Waals surface area contributed by atoms with E-state index in [-0.39, 0.29) is 6.07 Å². The predicted molar refractivity (Wildman–Crippen MR) is 65.8 cm³/mol. The van der Waals surface area contributed by atoms with Crippen LogP contribution in [-0.2, 0) is 0 Å². The fraction of sp³-hybridized carbons (Fsp3) is 0.500. The van der Waals surface area contributed by atoms with Crippen molar-refractivity contribution in [3.8, 4) is 0 Å². The summed E-state index contributed by atoms with van der Waals surface area (Å²) >= 11 is 0. The van der Waals surface area contributed by atoms with Crippen molar-refractivity contribution in [3.05, 3.63) is 40.8 Å². The highest BCUT2D eigenvalue weighted by atomic mass is 19.2. The van der Waals surface area contributed by atoms with Gasteiger partial charge in [0.15, 0.2) is 23.3 Å². The van der Waals surface area contributed by atoms with E-state index >= 15 is 0 Å². The Balaban J connectivity index is 2.14. The highest BCUT2D eigenvalue weighted by molar-refractivity contribution is 5.26. The molecule has 1 saturated heterocycles. The van der Waals surface area contributed by atoms with Crippen molar-refractivity contribution in [3.63, 3.8) is 0 Å². The molecule has 0 spiro atoms. The Morgan fingerprint density at radius 2 is 1.70 bits per heavy atom. The van der Waals surface area contributed by atoms with Gasteiger partial charge < -0.3 is 10.0 Å². The van der Waals surface area contributed by atoms with E-state index in [1.54, 1.807) is 0 Å². The molecule has 1 aliphatic rings. The Hall–Kier alpha value is -1.14. The Morgan fingerprint density at radius 1 is 1.20 bits per heavy atom. The Kier molecular flexibility index (Phi) is 4.34. The number of likely N-dealkylation sites (tertiary alicyclic amines) is 1. The highest BCUT2D eigenvalue weighted by Crippen LogP contribution is 2.34. The number of halogens is 4. The average Bonchev–Trinajstić information content (AvgIpc) is 2.30. The van der Waals surface area contributed by atoms with Gasteiger partial charge in [0.05, 0.1) is 11.7 Å². The molecule has 1 atom stereocenters. The van der Waals surface area contributed by atoms with Gasteiger partial charge >= 0.3 is 0 Å². The molecule has 1 aromatic carbocycles. The van der Waals surface area contributed by atoms with Gasteiger partial charge in [0.25, 0.3) is 0 Å². The molecule has 1 radical (unpaired) electrons. The second-order valence-electron chi connectivity index (χ2n) is 5.49. The second-order valence-corrected chi connectivity index (χ2v) is 5.49. The molecule has 1 heterocycles. The molecule has 0 aliphatic carbocycles. The Bertz CT molecular complexity index is 474. The maximum absolute atomic E-state index is 13.6. The summed E-state index contributed by atoms with van der Waals surface area (Å²) in [6, 6.07) is 0.142. The molecule has 1 unspecified atom stereocenters. The minimum absolute atomic E-state index is 0.142. The summed E-state index contributed by atoms with van der Waals surface area (Å²) in [5, 5.41) is 9.96. The third kappa shape index (κ3) is 2.81. The molecule has 6 heteroatoms.